The zero-order chi connectivity index (χ0) is 72.5. The van der Waals surface area contributed by atoms with Crippen LogP contribution in [0.4, 0.5) is 0 Å². The van der Waals surface area contributed by atoms with Crippen LogP contribution in [-0.4, -0.2) is 74.9 Å². The van der Waals surface area contributed by atoms with Crippen LogP contribution in [0.2, 0.25) is 0 Å². The van der Waals surface area contributed by atoms with E-state index in [1.165, 1.54) is 128 Å². The predicted molar refractivity (Wildman–Crippen MR) is 435 cm³/mol. The van der Waals surface area contributed by atoms with Crippen LogP contribution in [0, 0.1) is 0 Å². The molecule has 2 atom stereocenters. The van der Waals surface area contributed by atoms with Gasteiger partial charge >= 0.3 is 19.8 Å². The highest BCUT2D eigenvalue weighted by molar-refractivity contribution is 7.47. The molecule has 0 aliphatic heterocycles. The third-order valence-corrected chi connectivity index (χ3v) is 17.6. The van der Waals surface area contributed by atoms with Crippen LogP contribution in [0.15, 0.2) is 194 Å². The molecular formula is C90H149NO8P+. The van der Waals surface area contributed by atoms with E-state index in [2.05, 4.69) is 208 Å². The number of quaternary nitrogens is 1. The molecule has 2 unspecified atom stereocenters. The Kier molecular flexibility index (Phi) is 74.0. The van der Waals surface area contributed by atoms with Gasteiger partial charge in [0.1, 0.15) is 19.8 Å². The van der Waals surface area contributed by atoms with Crippen LogP contribution in [-0.2, 0) is 32.7 Å². The Bertz CT molecular complexity index is 2400. The zero-order valence-electron chi connectivity index (χ0n) is 64.6. The fourth-order valence-corrected chi connectivity index (χ4v) is 11.3. The maximum absolute atomic E-state index is 12.9. The summed E-state index contributed by atoms with van der Waals surface area (Å²) in [4.78, 5) is 36.0. The second-order valence-electron chi connectivity index (χ2n) is 27.3. The first kappa shape index (κ1) is 94.8. The van der Waals surface area contributed by atoms with Crippen molar-refractivity contribution in [2.75, 3.05) is 47.5 Å². The number of hydrogen-bond acceptors (Lipinski definition) is 7. The number of allylic oxidation sites excluding steroid dienone is 32. The minimum absolute atomic E-state index is 0.0231. The molecular weight excluding hydrogens is 1250 g/mol. The molecule has 0 spiro atoms. The highest BCUT2D eigenvalue weighted by Crippen LogP contribution is 2.43. The van der Waals surface area contributed by atoms with Gasteiger partial charge in [0.2, 0.25) is 0 Å². The van der Waals surface area contributed by atoms with Gasteiger partial charge in [0, 0.05) is 12.8 Å². The molecule has 0 fully saturated rings. The molecule has 0 radical (unpaired) electrons. The number of phosphoric acid groups is 1. The molecule has 0 amide bonds. The lowest BCUT2D eigenvalue weighted by atomic mass is 10.0. The van der Waals surface area contributed by atoms with Gasteiger partial charge in [0.15, 0.2) is 6.10 Å². The predicted octanol–water partition coefficient (Wildman–Crippen LogP) is 27.2. The maximum atomic E-state index is 12.9. The molecule has 100 heavy (non-hydrogen) atoms. The maximum Gasteiger partial charge on any atom is 0.472 e. The first-order chi connectivity index (χ1) is 49.0. The third-order valence-electron chi connectivity index (χ3n) is 16.6. The Morgan fingerprint density at radius 3 is 0.800 bits per heavy atom. The number of carbonyl (C=O) groups is 2. The van der Waals surface area contributed by atoms with E-state index in [0.717, 1.165) is 148 Å². The highest BCUT2D eigenvalue weighted by Gasteiger charge is 2.27. The largest absolute Gasteiger partial charge is 0.472 e. The van der Waals surface area contributed by atoms with Crippen LogP contribution in [0.5, 0.6) is 0 Å². The van der Waals surface area contributed by atoms with E-state index in [-0.39, 0.29) is 32.0 Å². The SMILES string of the molecule is CC/C=C\C/C=C\C/C=C\C/C=C\C/C=C\C/C=C\C/C=C\C/C=C\C/C=C\C/C=C\CCCCCCCCCCCCC(=O)OC(COC(=O)CCCCCCCCCCCCCCCCCC/C=C\C/C=C\C/C=C\C/C=C\C/C=C\C/C=C\CC)COP(=O)(O)OCC[N+](C)(C)C. The Morgan fingerprint density at radius 2 is 0.540 bits per heavy atom. The van der Waals surface area contributed by atoms with Crippen molar-refractivity contribution in [1.82, 2.24) is 0 Å². The molecule has 0 aromatic carbocycles. The van der Waals surface area contributed by atoms with Crippen molar-refractivity contribution in [3.05, 3.63) is 194 Å². The Labute approximate surface area is 615 Å². The van der Waals surface area contributed by atoms with Gasteiger partial charge in [-0.1, -0.05) is 350 Å². The number of carbonyl (C=O) groups excluding carboxylic acids is 2. The molecule has 0 aromatic rings. The first-order valence-electron chi connectivity index (χ1n) is 40.2. The lowest BCUT2D eigenvalue weighted by Crippen LogP contribution is -2.37. The number of ether oxygens (including phenoxy) is 2. The van der Waals surface area contributed by atoms with E-state index in [1.807, 2.05) is 21.1 Å². The number of hydrogen-bond donors (Lipinski definition) is 1. The summed E-state index contributed by atoms with van der Waals surface area (Å²) in [7, 11) is 1.46. The zero-order valence-corrected chi connectivity index (χ0v) is 65.5. The smallest absolute Gasteiger partial charge is 0.462 e. The van der Waals surface area contributed by atoms with Crippen LogP contribution < -0.4 is 0 Å². The number of phosphoric ester groups is 1. The number of unbranched alkanes of at least 4 members (excludes halogenated alkanes) is 26. The van der Waals surface area contributed by atoms with Crippen molar-refractivity contribution in [2.45, 2.75) is 315 Å². The molecule has 0 heterocycles. The van der Waals surface area contributed by atoms with Gasteiger partial charge < -0.3 is 18.9 Å². The molecule has 0 bridgehead atoms. The van der Waals surface area contributed by atoms with E-state index >= 15 is 0 Å². The molecule has 1 N–H and O–H groups in total. The van der Waals surface area contributed by atoms with Crippen molar-refractivity contribution < 1.29 is 42.1 Å². The van der Waals surface area contributed by atoms with Crippen molar-refractivity contribution in [3.8, 4) is 0 Å². The summed E-state index contributed by atoms with van der Waals surface area (Å²) < 4.78 is 34.8. The lowest BCUT2D eigenvalue weighted by molar-refractivity contribution is -0.870. The molecule has 10 heteroatoms. The van der Waals surface area contributed by atoms with E-state index in [4.69, 9.17) is 18.5 Å². The standard InChI is InChI=1S/C90H148NO8P/c1-6-8-10-12-14-16-18-20-22-24-26-28-30-32-34-36-38-40-42-43-44-45-46-47-49-51-53-55-57-59-61-63-65-67-69-71-73-75-77-79-81-83-90(93)99-88(87-98-100(94,95)97-85-84-91(3,4)5)86-96-89(92)82-80-78-76-74-72-70-68-66-64-62-60-58-56-54-52-50-48-41-39-37-35-33-31-29-27-25-23-21-19-17-15-13-11-9-7-2/h8-11,14-17,20-23,26-29,32-35,38-41,43-44,46-47,51,53,57,59,88H,6-7,12-13,18-19,24-25,30-31,36-37,42,45,48-50,52,54-56,58,60-87H2,1-5H3/p+1/b10-8-,11-9-,16-14-,17-15-,22-20-,23-21-,28-26-,29-27-,34-32-,35-33-,40-38-,41-39-,44-43-,47-46-,53-51-,59-57-. The summed E-state index contributed by atoms with van der Waals surface area (Å²) in [6.07, 6.45) is 121. The topological polar surface area (TPSA) is 108 Å². The molecule has 0 aliphatic rings. The Balaban J connectivity index is 4.05. The number of rotatable bonds is 72. The summed E-state index contributed by atoms with van der Waals surface area (Å²) in [6.45, 7) is 4.20. The number of esters is 2. The van der Waals surface area contributed by atoms with Crippen LogP contribution in [0.1, 0.15) is 309 Å². The fourth-order valence-electron chi connectivity index (χ4n) is 10.6. The van der Waals surface area contributed by atoms with Gasteiger partial charge in [-0.05, 0) is 141 Å². The summed E-state index contributed by atoms with van der Waals surface area (Å²) in [5.41, 5.74) is 0. The normalized spacial score (nSPS) is 14.1. The van der Waals surface area contributed by atoms with E-state index in [9.17, 15) is 19.0 Å². The lowest BCUT2D eigenvalue weighted by Gasteiger charge is -2.24. The number of likely N-dealkylation sites (N-methyl/N-ethyl adjacent to an activating group) is 1. The highest BCUT2D eigenvalue weighted by atomic mass is 31.2. The average molecular weight is 1400 g/mol. The van der Waals surface area contributed by atoms with E-state index in [1.54, 1.807) is 0 Å². The van der Waals surface area contributed by atoms with Gasteiger partial charge in [-0.15, -0.1) is 0 Å². The molecule has 9 nitrogen and oxygen atoms in total. The van der Waals surface area contributed by atoms with Gasteiger partial charge in [0.05, 0.1) is 27.7 Å². The van der Waals surface area contributed by atoms with Gasteiger partial charge in [-0.3, -0.25) is 18.6 Å². The van der Waals surface area contributed by atoms with Crippen molar-refractivity contribution >= 4 is 19.8 Å². The van der Waals surface area contributed by atoms with Gasteiger partial charge in [0.25, 0.3) is 0 Å². The summed E-state index contributed by atoms with van der Waals surface area (Å²) >= 11 is 0. The van der Waals surface area contributed by atoms with Crippen molar-refractivity contribution in [3.63, 3.8) is 0 Å². The second kappa shape index (κ2) is 78.0. The minimum atomic E-state index is -4.41. The van der Waals surface area contributed by atoms with Gasteiger partial charge in [-0.2, -0.15) is 0 Å². The third kappa shape index (κ3) is 81.8. The monoisotopic (exact) mass is 1400 g/mol. The van der Waals surface area contributed by atoms with Crippen molar-refractivity contribution in [2.24, 2.45) is 0 Å². The van der Waals surface area contributed by atoms with Crippen LogP contribution in [0.25, 0.3) is 0 Å². The molecule has 566 valence electrons. The average Bonchev–Trinajstić information content (AvgIpc) is 1.30. The van der Waals surface area contributed by atoms with Gasteiger partial charge in [-0.25, -0.2) is 4.57 Å². The molecule has 0 rings (SSSR count). The molecule has 0 saturated carbocycles. The minimum Gasteiger partial charge on any atom is -0.462 e. The van der Waals surface area contributed by atoms with Crippen LogP contribution >= 0.6 is 7.82 Å². The van der Waals surface area contributed by atoms with Crippen LogP contribution in [0.3, 0.4) is 0 Å². The number of nitrogens with zero attached hydrogens (tertiary/aromatic N) is 1. The Hall–Kier alpha value is -5.15. The summed E-state index contributed by atoms with van der Waals surface area (Å²) in [5.74, 6) is -0.805. The van der Waals surface area contributed by atoms with Crippen molar-refractivity contribution in [1.29, 1.82) is 0 Å². The molecule has 0 aromatic heterocycles. The summed E-state index contributed by atoms with van der Waals surface area (Å²) in [6, 6.07) is 0. The second-order valence-corrected chi connectivity index (χ2v) is 28.8. The van der Waals surface area contributed by atoms with E-state index < -0.39 is 26.5 Å². The first-order valence-corrected chi connectivity index (χ1v) is 41.7. The fraction of sp³-hybridized carbons (Fsp3) is 0.622. The van der Waals surface area contributed by atoms with E-state index in [0.29, 0.717) is 17.4 Å². The summed E-state index contributed by atoms with van der Waals surface area (Å²) in [5, 5.41) is 0. The molecule has 0 saturated heterocycles. The Morgan fingerprint density at radius 1 is 0.310 bits per heavy atom. The molecule has 0 aliphatic carbocycles. The quantitative estimate of drug-likeness (QED) is 0.0211.